The maximum Gasteiger partial charge on any atom is 0.321 e. The van der Waals surface area contributed by atoms with Gasteiger partial charge < -0.3 is 15.1 Å². The molecule has 156 valence electrons. The molecule has 2 aliphatic heterocycles. The second-order valence-corrected chi connectivity index (χ2v) is 9.27. The molecule has 2 aliphatic rings. The summed E-state index contributed by atoms with van der Waals surface area (Å²) in [6.07, 6.45) is 5.15. The highest BCUT2D eigenvalue weighted by Crippen LogP contribution is 2.44. The van der Waals surface area contributed by atoms with Crippen molar-refractivity contribution in [3.63, 3.8) is 0 Å². The second-order valence-electron chi connectivity index (χ2n) is 7.81. The second kappa shape index (κ2) is 8.96. The molecule has 0 radical (unpaired) electrons. The number of likely N-dealkylation sites (tertiary alicyclic amines) is 1. The van der Waals surface area contributed by atoms with Gasteiger partial charge in [-0.3, -0.25) is 4.79 Å². The van der Waals surface area contributed by atoms with Gasteiger partial charge in [0.05, 0.1) is 4.87 Å². The molecule has 3 amide bonds. The lowest BCUT2D eigenvalue weighted by Gasteiger charge is -2.43. The van der Waals surface area contributed by atoms with Gasteiger partial charge in [-0.2, -0.15) is 0 Å². The number of carbonyl (C=O) groups is 2. The van der Waals surface area contributed by atoms with E-state index in [1.54, 1.807) is 6.08 Å². The molecule has 2 aromatic rings. The number of urea groups is 1. The van der Waals surface area contributed by atoms with Crippen LogP contribution in [-0.4, -0.2) is 52.0 Å². The Bertz CT molecular complexity index is 919. The summed E-state index contributed by atoms with van der Waals surface area (Å²) in [5.41, 5.74) is 3.00. The van der Waals surface area contributed by atoms with E-state index >= 15 is 0 Å². The van der Waals surface area contributed by atoms with Gasteiger partial charge in [0.2, 0.25) is 5.91 Å². The fourth-order valence-corrected chi connectivity index (χ4v) is 5.52. The number of rotatable bonds is 3. The van der Waals surface area contributed by atoms with Crippen LogP contribution >= 0.6 is 11.8 Å². The standard InChI is InChI=1S/C24H27N3O2S/c1-19-7-10-21(11-8-19)25-23(29)26-15-13-24(14-16-26)27(17-18-30-24)22(28)12-9-20-5-3-2-4-6-20/h2-12H,13-18H2,1H3,(H,25,29)/b12-9+. The Labute approximate surface area is 182 Å². The molecule has 2 aromatic carbocycles. The summed E-state index contributed by atoms with van der Waals surface area (Å²) in [5, 5.41) is 2.98. The van der Waals surface area contributed by atoms with Crippen molar-refractivity contribution >= 4 is 35.5 Å². The summed E-state index contributed by atoms with van der Waals surface area (Å²) in [7, 11) is 0. The van der Waals surface area contributed by atoms with Gasteiger partial charge in [0.15, 0.2) is 0 Å². The number of nitrogens with zero attached hydrogens (tertiary/aromatic N) is 2. The van der Waals surface area contributed by atoms with E-state index in [9.17, 15) is 9.59 Å². The Kier molecular flexibility index (Phi) is 6.13. The average Bonchev–Trinajstić information content (AvgIpc) is 3.18. The zero-order valence-electron chi connectivity index (χ0n) is 17.2. The molecular formula is C24H27N3O2S. The van der Waals surface area contributed by atoms with Crippen molar-refractivity contribution in [2.75, 3.05) is 30.7 Å². The van der Waals surface area contributed by atoms with Crippen molar-refractivity contribution < 1.29 is 9.59 Å². The van der Waals surface area contributed by atoms with Crippen molar-refractivity contribution in [3.05, 3.63) is 71.8 Å². The van der Waals surface area contributed by atoms with E-state index in [1.165, 1.54) is 0 Å². The molecule has 5 nitrogen and oxygen atoms in total. The summed E-state index contributed by atoms with van der Waals surface area (Å²) in [4.78, 5) is 29.2. The van der Waals surface area contributed by atoms with Gasteiger partial charge in [-0.05, 0) is 43.5 Å². The van der Waals surface area contributed by atoms with Crippen LogP contribution in [0.15, 0.2) is 60.7 Å². The molecule has 0 aromatic heterocycles. The third-order valence-electron chi connectivity index (χ3n) is 5.80. The number of aryl methyl sites for hydroxylation is 1. The SMILES string of the molecule is Cc1ccc(NC(=O)N2CCC3(CC2)SCCN3C(=O)/C=C/c2ccccc2)cc1. The summed E-state index contributed by atoms with van der Waals surface area (Å²) >= 11 is 1.86. The van der Waals surface area contributed by atoms with Crippen LogP contribution in [0.4, 0.5) is 10.5 Å². The van der Waals surface area contributed by atoms with E-state index < -0.39 is 0 Å². The van der Waals surface area contributed by atoms with Crippen molar-refractivity contribution in [1.82, 2.24) is 9.80 Å². The highest BCUT2D eigenvalue weighted by Gasteiger charge is 2.46. The lowest BCUT2D eigenvalue weighted by Crippen LogP contribution is -2.53. The molecule has 0 saturated carbocycles. The van der Waals surface area contributed by atoms with E-state index in [1.807, 2.05) is 89.2 Å². The first-order valence-electron chi connectivity index (χ1n) is 10.4. The summed E-state index contributed by atoms with van der Waals surface area (Å²) in [5.74, 6) is 1.00. The molecule has 0 bridgehead atoms. The van der Waals surface area contributed by atoms with E-state index in [0.717, 1.165) is 42.0 Å². The number of carbonyl (C=O) groups excluding carboxylic acids is 2. The van der Waals surface area contributed by atoms with Crippen LogP contribution in [0.5, 0.6) is 0 Å². The van der Waals surface area contributed by atoms with Crippen LogP contribution in [0.1, 0.15) is 24.0 Å². The monoisotopic (exact) mass is 421 g/mol. The number of hydrogen-bond donors (Lipinski definition) is 1. The molecule has 1 N–H and O–H groups in total. The van der Waals surface area contributed by atoms with Crippen molar-refractivity contribution in [3.8, 4) is 0 Å². The lowest BCUT2D eigenvalue weighted by atomic mass is 10.0. The molecular weight excluding hydrogens is 394 g/mol. The molecule has 2 fully saturated rings. The highest BCUT2D eigenvalue weighted by molar-refractivity contribution is 8.00. The van der Waals surface area contributed by atoms with Gasteiger partial charge in [-0.15, -0.1) is 11.8 Å². The molecule has 2 saturated heterocycles. The number of nitrogens with one attached hydrogen (secondary N) is 1. The van der Waals surface area contributed by atoms with Crippen LogP contribution in [0.25, 0.3) is 6.08 Å². The van der Waals surface area contributed by atoms with E-state index in [0.29, 0.717) is 13.1 Å². The molecule has 30 heavy (non-hydrogen) atoms. The topological polar surface area (TPSA) is 52.7 Å². The Hall–Kier alpha value is -2.73. The quantitative estimate of drug-likeness (QED) is 0.737. The minimum atomic E-state index is -0.196. The van der Waals surface area contributed by atoms with Gasteiger partial charge in [-0.25, -0.2) is 4.79 Å². The van der Waals surface area contributed by atoms with Crippen LogP contribution in [0.2, 0.25) is 0 Å². The largest absolute Gasteiger partial charge is 0.324 e. The first-order chi connectivity index (χ1) is 14.6. The average molecular weight is 422 g/mol. The van der Waals surface area contributed by atoms with Crippen LogP contribution in [0.3, 0.4) is 0 Å². The first kappa shape index (κ1) is 20.5. The predicted molar refractivity (Wildman–Crippen MR) is 123 cm³/mol. The maximum absolute atomic E-state index is 12.9. The van der Waals surface area contributed by atoms with E-state index in [2.05, 4.69) is 5.32 Å². The molecule has 0 atom stereocenters. The highest BCUT2D eigenvalue weighted by atomic mass is 32.2. The molecule has 2 heterocycles. The number of benzene rings is 2. The normalized spacial score (nSPS) is 18.2. The maximum atomic E-state index is 12.9. The lowest BCUT2D eigenvalue weighted by molar-refractivity contribution is -0.129. The fourth-order valence-electron chi connectivity index (χ4n) is 4.05. The number of thioether (sulfide) groups is 1. The minimum Gasteiger partial charge on any atom is -0.324 e. The molecule has 6 heteroatoms. The number of anilines is 1. The van der Waals surface area contributed by atoms with E-state index in [4.69, 9.17) is 0 Å². The summed E-state index contributed by atoms with van der Waals surface area (Å²) in [6.45, 7) is 4.09. The summed E-state index contributed by atoms with van der Waals surface area (Å²) in [6, 6.07) is 17.6. The zero-order valence-corrected chi connectivity index (χ0v) is 18.0. The van der Waals surface area contributed by atoms with Crippen LogP contribution in [0, 0.1) is 6.92 Å². The van der Waals surface area contributed by atoms with Gasteiger partial charge in [-0.1, -0.05) is 48.0 Å². The first-order valence-corrected chi connectivity index (χ1v) is 11.4. The summed E-state index contributed by atoms with van der Waals surface area (Å²) < 4.78 is 0. The van der Waals surface area contributed by atoms with Gasteiger partial charge in [0.1, 0.15) is 0 Å². The van der Waals surface area contributed by atoms with Crippen molar-refractivity contribution in [2.45, 2.75) is 24.6 Å². The third-order valence-corrected chi connectivity index (χ3v) is 7.35. The number of hydrogen-bond acceptors (Lipinski definition) is 3. The van der Waals surface area contributed by atoms with Crippen LogP contribution in [-0.2, 0) is 4.79 Å². The fraction of sp³-hybridized carbons (Fsp3) is 0.333. The molecule has 0 unspecified atom stereocenters. The molecule has 4 rings (SSSR count). The van der Waals surface area contributed by atoms with Gasteiger partial charge in [0.25, 0.3) is 0 Å². The minimum absolute atomic E-state index is 0.0569. The third kappa shape index (κ3) is 4.54. The van der Waals surface area contributed by atoms with Gasteiger partial charge >= 0.3 is 6.03 Å². The molecule has 0 aliphatic carbocycles. The Morgan fingerprint density at radius 1 is 1.00 bits per heavy atom. The molecule has 1 spiro atoms. The smallest absolute Gasteiger partial charge is 0.321 e. The van der Waals surface area contributed by atoms with Crippen LogP contribution < -0.4 is 5.32 Å². The van der Waals surface area contributed by atoms with Crippen molar-refractivity contribution in [1.29, 1.82) is 0 Å². The Balaban J connectivity index is 1.36. The van der Waals surface area contributed by atoms with Gasteiger partial charge in [0, 0.05) is 37.2 Å². The Morgan fingerprint density at radius 2 is 1.70 bits per heavy atom. The predicted octanol–water partition coefficient (Wildman–Crippen LogP) is 4.61. The van der Waals surface area contributed by atoms with E-state index in [-0.39, 0.29) is 16.8 Å². The Morgan fingerprint density at radius 3 is 2.40 bits per heavy atom. The van der Waals surface area contributed by atoms with Crippen molar-refractivity contribution in [2.24, 2.45) is 0 Å². The number of piperidine rings is 1. The zero-order chi connectivity index (χ0) is 21.0. The number of amides is 3.